The zero-order valence-electron chi connectivity index (χ0n) is 20.7. The lowest BCUT2D eigenvalue weighted by Gasteiger charge is -2.32. The van der Waals surface area contributed by atoms with Gasteiger partial charge < -0.3 is 10.0 Å². The molecule has 1 aromatic carbocycles. The van der Waals surface area contributed by atoms with Crippen LogP contribution in [0.2, 0.25) is 5.02 Å². The highest BCUT2D eigenvalue weighted by molar-refractivity contribution is 7.87. The zero-order valence-corrected chi connectivity index (χ0v) is 23.1. The number of nitrogens with zero attached hydrogens (tertiary/aromatic N) is 6. The number of alkyl halides is 2. The van der Waals surface area contributed by atoms with Gasteiger partial charge in [-0.05, 0) is 24.6 Å². The number of halogens is 4. The fourth-order valence-corrected chi connectivity index (χ4v) is 7.60. The number of rotatable bonds is 7. The van der Waals surface area contributed by atoms with E-state index in [0.717, 1.165) is 12.3 Å². The Morgan fingerprint density at radius 2 is 2.05 bits per heavy atom. The predicted molar refractivity (Wildman–Crippen MR) is 143 cm³/mol. The molecule has 5 heterocycles. The Kier molecular flexibility index (Phi) is 7.21. The monoisotopic (exact) mass is 613 g/mol. The Bertz CT molecular complexity index is 1600. The van der Waals surface area contributed by atoms with E-state index in [9.17, 15) is 26.7 Å². The summed E-state index contributed by atoms with van der Waals surface area (Å²) < 4.78 is 71.6. The fourth-order valence-electron chi connectivity index (χ4n) is 5.25. The summed E-state index contributed by atoms with van der Waals surface area (Å²) in [5.74, 6) is -0.0976. The van der Waals surface area contributed by atoms with Gasteiger partial charge in [0.15, 0.2) is 10.8 Å². The molecule has 0 saturated carbocycles. The van der Waals surface area contributed by atoms with Crippen LogP contribution in [0.4, 0.5) is 13.2 Å². The number of hydrogen-bond acceptors (Lipinski definition) is 8. The molecule has 0 bridgehead atoms. The molecule has 16 heteroatoms. The average molecular weight is 614 g/mol. The van der Waals surface area contributed by atoms with Gasteiger partial charge in [-0.15, -0.1) is 11.3 Å². The van der Waals surface area contributed by atoms with Crippen molar-refractivity contribution in [2.45, 2.75) is 37.6 Å². The average Bonchev–Trinajstić information content (AvgIpc) is 3.69. The first-order chi connectivity index (χ1) is 19.1. The maximum atomic E-state index is 14.0. The van der Waals surface area contributed by atoms with E-state index in [0.29, 0.717) is 38.8 Å². The van der Waals surface area contributed by atoms with E-state index in [-0.39, 0.29) is 36.8 Å². The van der Waals surface area contributed by atoms with E-state index in [2.05, 4.69) is 14.8 Å². The second-order valence-corrected chi connectivity index (χ2v) is 12.6. The van der Waals surface area contributed by atoms with Crippen molar-refractivity contribution >= 4 is 44.6 Å². The van der Waals surface area contributed by atoms with Gasteiger partial charge in [0.25, 0.3) is 10.2 Å². The van der Waals surface area contributed by atoms with Gasteiger partial charge in [-0.3, -0.25) is 4.99 Å². The highest BCUT2D eigenvalue weighted by Gasteiger charge is 2.43. The summed E-state index contributed by atoms with van der Waals surface area (Å²) >= 11 is 7.79. The molecular formula is C24H23ClF3N7O3S2. The van der Waals surface area contributed by atoms with E-state index in [4.69, 9.17) is 16.6 Å². The third-order valence-corrected chi connectivity index (χ3v) is 9.75. The summed E-state index contributed by atoms with van der Waals surface area (Å²) in [4.78, 5) is 11.1. The number of thiazole rings is 1. The summed E-state index contributed by atoms with van der Waals surface area (Å²) in [5, 5.41) is 16.4. The molecule has 3 aromatic rings. The number of hydrogen-bond donors (Lipinski definition) is 2. The molecule has 0 spiro atoms. The van der Waals surface area contributed by atoms with Gasteiger partial charge in [0, 0.05) is 71.7 Å². The van der Waals surface area contributed by atoms with Crippen molar-refractivity contribution in [3.63, 3.8) is 0 Å². The lowest BCUT2D eigenvalue weighted by molar-refractivity contribution is 0.0564. The molecule has 0 radical (unpaired) electrons. The Morgan fingerprint density at radius 3 is 2.70 bits per heavy atom. The number of amidine groups is 1. The van der Waals surface area contributed by atoms with Crippen molar-refractivity contribution in [1.82, 2.24) is 28.7 Å². The number of aliphatic imine (C=N–C) groups is 1. The zero-order chi connectivity index (χ0) is 28.2. The third-order valence-electron chi connectivity index (χ3n) is 7.01. The Balaban J connectivity index is 1.47. The van der Waals surface area contributed by atoms with Crippen LogP contribution < -0.4 is 4.72 Å². The summed E-state index contributed by atoms with van der Waals surface area (Å²) in [5.41, 5.74) is 1.70. The SMILES string of the molecule is O=S(=O)(N[C@H]1CC2=C(c3ccn(C(F)F)n3)[C@H](c3ccc(F)cc3Cl)N=C(c3nccs3)N2C1)N1CC[C@H](O)C1. The second-order valence-electron chi connectivity index (χ2n) is 9.61. The number of aliphatic hydroxyl groups excluding tert-OH is 1. The summed E-state index contributed by atoms with van der Waals surface area (Å²) in [6, 6.07) is 3.84. The fraction of sp³-hybridized carbons (Fsp3) is 0.375. The van der Waals surface area contributed by atoms with Gasteiger partial charge in [-0.2, -0.15) is 31.3 Å². The first kappa shape index (κ1) is 27.4. The summed E-state index contributed by atoms with van der Waals surface area (Å²) in [7, 11) is -3.92. The number of aliphatic hydroxyl groups is 1. The maximum Gasteiger partial charge on any atom is 0.333 e. The van der Waals surface area contributed by atoms with Crippen LogP contribution in [0.25, 0.3) is 5.57 Å². The molecule has 2 N–H and O–H groups in total. The molecule has 3 aliphatic heterocycles. The molecule has 212 valence electrons. The summed E-state index contributed by atoms with van der Waals surface area (Å²) in [6.07, 6.45) is 2.57. The van der Waals surface area contributed by atoms with Crippen LogP contribution >= 0.6 is 22.9 Å². The first-order valence-corrected chi connectivity index (χ1v) is 15.0. The molecule has 3 aliphatic rings. The molecule has 0 aliphatic carbocycles. The molecule has 2 aromatic heterocycles. The highest BCUT2D eigenvalue weighted by Crippen LogP contribution is 2.46. The summed E-state index contributed by atoms with van der Waals surface area (Å²) in [6.45, 7) is -2.49. The lowest BCUT2D eigenvalue weighted by atomic mass is 9.92. The van der Waals surface area contributed by atoms with Crippen molar-refractivity contribution in [2.24, 2.45) is 4.99 Å². The van der Waals surface area contributed by atoms with Crippen LogP contribution in [-0.2, 0) is 10.2 Å². The number of fused-ring (bicyclic) bond motifs is 1. The van der Waals surface area contributed by atoms with Gasteiger partial charge in [-0.25, -0.2) is 14.1 Å². The molecule has 6 rings (SSSR count). The smallest absolute Gasteiger partial charge is 0.333 e. The minimum Gasteiger partial charge on any atom is -0.392 e. The van der Waals surface area contributed by atoms with Gasteiger partial charge in [-0.1, -0.05) is 17.7 Å². The standard InChI is InChI=1S/C24H23ClF3N7O3S2/c25-17-9-13(26)1-2-16(17)21-20(18-4-7-35(31-18)24(27)28)19-10-14(32-40(37,38)33-6-3-15(36)12-33)11-34(19)22(30-21)23-29-5-8-39-23/h1-2,4-5,7-9,14-15,21,24,32,36H,3,6,10-12H2/t14-,15-,21-/m0/s1. The van der Waals surface area contributed by atoms with E-state index < -0.39 is 40.8 Å². The van der Waals surface area contributed by atoms with Crippen molar-refractivity contribution in [1.29, 1.82) is 0 Å². The normalized spacial score (nSPS) is 23.8. The third kappa shape index (κ3) is 5.05. The minimum atomic E-state index is -3.92. The molecule has 10 nitrogen and oxygen atoms in total. The van der Waals surface area contributed by atoms with Crippen molar-refractivity contribution in [3.8, 4) is 0 Å². The van der Waals surface area contributed by atoms with E-state index in [1.54, 1.807) is 11.6 Å². The van der Waals surface area contributed by atoms with E-state index in [1.165, 1.54) is 33.8 Å². The van der Waals surface area contributed by atoms with E-state index >= 15 is 0 Å². The van der Waals surface area contributed by atoms with Crippen LogP contribution in [0.3, 0.4) is 0 Å². The molecule has 0 amide bonds. The van der Waals surface area contributed by atoms with Crippen molar-refractivity contribution in [3.05, 3.63) is 74.8 Å². The van der Waals surface area contributed by atoms with Crippen molar-refractivity contribution < 1.29 is 26.7 Å². The molecule has 2 saturated heterocycles. The molecule has 40 heavy (non-hydrogen) atoms. The van der Waals surface area contributed by atoms with E-state index in [1.807, 2.05) is 4.90 Å². The van der Waals surface area contributed by atoms with Crippen LogP contribution in [0.5, 0.6) is 0 Å². The van der Waals surface area contributed by atoms with Gasteiger partial charge in [0.2, 0.25) is 0 Å². The van der Waals surface area contributed by atoms with Crippen LogP contribution in [0.1, 0.15) is 41.7 Å². The van der Waals surface area contributed by atoms with Gasteiger partial charge in [0.05, 0.1) is 11.8 Å². The van der Waals surface area contributed by atoms with Gasteiger partial charge >= 0.3 is 6.55 Å². The van der Waals surface area contributed by atoms with Crippen molar-refractivity contribution in [2.75, 3.05) is 19.6 Å². The van der Waals surface area contributed by atoms with Gasteiger partial charge in [0.1, 0.15) is 11.9 Å². The Hall–Kier alpha value is -2.82. The Labute approximate surface area is 236 Å². The number of aromatic nitrogens is 3. The minimum absolute atomic E-state index is 0.00173. The second kappa shape index (κ2) is 10.5. The van der Waals surface area contributed by atoms with Crippen LogP contribution in [-0.4, -0.2) is 75.1 Å². The first-order valence-electron chi connectivity index (χ1n) is 12.3. The number of benzene rings is 1. The number of β-amino-alcohol motifs (C(OH)–C–C–N with tert-alkyl or cyclic N) is 1. The van der Waals surface area contributed by atoms with Crippen LogP contribution in [0, 0.1) is 5.82 Å². The predicted octanol–water partition coefficient (Wildman–Crippen LogP) is 3.42. The Morgan fingerprint density at radius 1 is 1.23 bits per heavy atom. The van der Waals surface area contributed by atoms with Crippen LogP contribution in [0.15, 0.2) is 52.7 Å². The number of nitrogens with one attached hydrogen (secondary N) is 1. The molecule has 2 fully saturated rings. The lowest BCUT2D eigenvalue weighted by Crippen LogP contribution is -2.46. The highest BCUT2D eigenvalue weighted by atomic mass is 35.5. The maximum absolute atomic E-state index is 14.0. The molecule has 3 atom stereocenters. The molecule has 0 unspecified atom stereocenters. The quantitative estimate of drug-likeness (QED) is 0.422. The topological polar surface area (TPSA) is 116 Å². The molecular weight excluding hydrogens is 591 g/mol. The largest absolute Gasteiger partial charge is 0.392 e.